The van der Waals surface area contributed by atoms with Crippen LogP contribution < -0.4 is 5.32 Å². The highest BCUT2D eigenvalue weighted by atomic mass is 35.5. The number of benzene rings is 2. The topological polar surface area (TPSA) is 62.3 Å². The number of halogens is 1. The number of nitrogens with zero attached hydrogens (tertiary/aromatic N) is 2. The Labute approximate surface area is 166 Å². The monoisotopic (exact) mass is 399 g/mol. The minimum absolute atomic E-state index is 0.162. The molecule has 1 heterocycles. The normalized spacial score (nSPS) is 10.5. The molecule has 1 N–H and O–H groups in total. The van der Waals surface area contributed by atoms with Gasteiger partial charge in [-0.2, -0.15) is 0 Å². The number of hydrogen-bond donors (Lipinski definition) is 1. The van der Waals surface area contributed by atoms with E-state index < -0.39 is 0 Å². The number of amides is 2. The molecule has 0 aliphatic heterocycles. The summed E-state index contributed by atoms with van der Waals surface area (Å²) in [5.74, 6) is -0.460. The van der Waals surface area contributed by atoms with E-state index in [0.717, 1.165) is 16.3 Å². The molecule has 7 heteroatoms. The lowest BCUT2D eigenvalue weighted by Crippen LogP contribution is -2.22. The third-order valence-electron chi connectivity index (χ3n) is 3.88. The Morgan fingerprint density at radius 1 is 1.07 bits per heavy atom. The largest absolute Gasteiger partial charge is 0.345 e. The van der Waals surface area contributed by atoms with Crippen molar-refractivity contribution in [1.82, 2.24) is 9.88 Å². The van der Waals surface area contributed by atoms with Crippen LogP contribution in [0, 0.1) is 6.92 Å². The Hall–Kier alpha value is -2.70. The SMILES string of the molecule is Cc1csc(-c2ccc(C(=O)Nc3cc(C(=O)N(C)C)ccc3Cl)cc2)n1. The summed E-state index contributed by atoms with van der Waals surface area (Å²) < 4.78 is 0. The maximum Gasteiger partial charge on any atom is 0.255 e. The summed E-state index contributed by atoms with van der Waals surface area (Å²) in [4.78, 5) is 30.6. The van der Waals surface area contributed by atoms with Crippen molar-refractivity contribution in [2.24, 2.45) is 0 Å². The van der Waals surface area contributed by atoms with Crippen molar-refractivity contribution in [2.45, 2.75) is 6.92 Å². The molecule has 3 rings (SSSR count). The highest BCUT2D eigenvalue weighted by molar-refractivity contribution is 7.13. The average Bonchev–Trinajstić information content (AvgIpc) is 3.09. The zero-order valence-electron chi connectivity index (χ0n) is 15.1. The second kappa shape index (κ2) is 7.90. The van der Waals surface area contributed by atoms with Gasteiger partial charge in [-0.25, -0.2) is 4.98 Å². The Bertz CT molecular complexity index is 997. The van der Waals surface area contributed by atoms with Gasteiger partial charge in [-0.3, -0.25) is 9.59 Å². The van der Waals surface area contributed by atoms with Crippen LogP contribution in [0.4, 0.5) is 5.69 Å². The first kappa shape index (κ1) is 19.1. The molecule has 3 aromatic rings. The zero-order valence-corrected chi connectivity index (χ0v) is 16.7. The second-order valence-electron chi connectivity index (χ2n) is 6.22. The summed E-state index contributed by atoms with van der Waals surface area (Å²) in [5, 5.41) is 6.04. The third-order valence-corrected chi connectivity index (χ3v) is 5.22. The highest BCUT2D eigenvalue weighted by Gasteiger charge is 2.14. The molecule has 5 nitrogen and oxygen atoms in total. The van der Waals surface area contributed by atoms with E-state index >= 15 is 0 Å². The van der Waals surface area contributed by atoms with Gasteiger partial charge in [0.2, 0.25) is 0 Å². The molecule has 0 saturated heterocycles. The molecule has 0 fully saturated rings. The smallest absolute Gasteiger partial charge is 0.255 e. The standard InChI is InChI=1S/C20H18ClN3O2S/c1-12-11-27-19(22-12)14-6-4-13(5-7-14)18(25)23-17-10-15(8-9-16(17)21)20(26)24(2)3/h4-11H,1-3H3,(H,23,25). The number of aromatic nitrogens is 1. The third kappa shape index (κ3) is 4.35. The van der Waals surface area contributed by atoms with E-state index in [0.29, 0.717) is 21.8 Å². The van der Waals surface area contributed by atoms with Gasteiger partial charge in [0.05, 0.1) is 10.7 Å². The number of thiazole rings is 1. The molecule has 0 atom stereocenters. The fraction of sp³-hybridized carbons (Fsp3) is 0.150. The van der Waals surface area contributed by atoms with Gasteiger partial charge >= 0.3 is 0 Å². The zero-order chi connectivity index (χ0) is 19.6. The number of nitrogens with one attached hydrogen (secondary N) is 1. The van der Waals surface area contributed by atoms with E-state index in [1.165, 1.54) is 4.90 Å². The quantitative estimate of drug-likeness (QED) is 0.690. The second-order valence-corrected chi connectivity index (χ2v) is 7.49. The van der Waals surface area contributed by atoms with E-state index in [4.69, 9.17) is 11.6 Å². The fourth-order valence-corrected chi connectivity index (χ4v) is 3.43. The number of carbonyl (C=O) groups excluding carboxylic acids is 2. The molecular formula is C20H18ClN3O2S. The first-order valence-electron chi connectivity index (χ1n) is 8.20. The summed E-state index contributed by atoms with van der Waals surface area (Å²) in [6.07, 6.45) is 0. The van der Waals surface area contributed by atoms with Crippen molar-refractivity contribution in [1.29, 1.82) is 0 Å². The molecule has 0 spiro atoms. The summed E-state index contributed by atoms with van der Waals surface area (Å²) >= 11 is 7.74. The molecule has 0 saturated carbocycles. The Morgan fingerprint density at radius 3 is 2.33 bits per heavy atom. The summed E-state index contributed by atoms with van der Waals surface area (Å²) in [6.45, 7) is 1.95. The molecule has 0 aliphatic rings. The average molecular weight is 400 g/mol. The van der Waals surface area contributed by atoms with E-state index in [9.17, 15) is 9.59 Å². The van der Waals surface area contributed by atoms with Gasteiger partial charge in [0.1, 0.15) is 5.01 Å². The number of rotatable bonds is 4. The fourth-order valence-electron chi connectivity index (χ4n) is 2.46. The van der Waals surface area contributed by atoms with Crippen molar-refractivity contribution >= 4 is 40.4 Å². The van der Waals surface area contributed by atoms with Crippen molar-refractivity contribution in [3.63, 3.8) is 0 Å². The van der Waals surface area contributed by atoms with Crippen molar-refractivity contribution in [3.05, 3.63) is 69.7 Å². The van der Waals surface area contributed by atoms with Crippen LogP contribution in [0.2, 0.25) is 5.02 Å². The Morgan fingerprint density at radius 2 is 1.74 bits per heavy atom. The van der Waals surface area contributed by atoms with Gasteiger partial charge in [0.25, 0.3) is 11.8 Å². The van der Waals surface area contributed by atoms with E-state index in [1.54, 1.807) is 55.8 Å². The van der Waals surface area contributed by atoms with Gasteiger partial charge in [0.15, 0.2) is 0 Å². The van der Waals surface area contributed by atoms with Gasteiger partial charge in [-0.1, -0.05) is 23.7 Å². The lowest BCUT2D eigenvalue weighted by Gasteiger charge is -2.13. The minimum Gasteiger partial charge on any atom is -0.345 e. The Balaban J connectivity index is 1.79. The molecule has 2 aromatic carbocycles. The molecule has 0 aliphatic carbocycles. The van der Waals surface area contributed by atoms with Gasteiger partial charge in [0, 0.05) is 41.9 Å². The first-order valence-corrected chi connectivity index (χ1v) is 9.46. The van der Waals surface area contributed by atoms with Crippen LogP contribution in [0.15, 0.2) is 47.8 Å². The van der Waals surface area contributed by atoms with Crippen LogP contribution >= 0.6 is 22.9 Å². The van der Waals surface area contributed by atoms with E-state index in [2.05, 4.69) is 10.3 Å². The predicted molar refractivity (Wildman–Crippen MR) is 110 cm³/mol. The van der Waals surface area contributed by atoms with Crippen LogP contribution in [0.3, 0.4) is 0 Å². The van der Waals surface area contributed by atoms with Crippen LogP contribution in [-0.4, -0.2) is 35.8 Å². The lowest BCUT2D eigenvalue weighted by molar-refractivity contribution is 0.0827. The molecule has 138 valence electrons. The number of aryl methyl sites for hydroxylation is 1. The summed E-state index contributed by atoms with van der Waals surface area (Å²) in [5.41, 5.74) is 3.27. The molecule has 0 bridgehead atoms. The van der Waals surface area contributed by atoms with E-state index in [-0.39, 0.29) is 11.8 Å². The summed E-state index contributed by atoms with van der Waals surface area (Å²) in [6, 6.07) is 12.0. The van der Waals surface area contributed by atoms with Crippen LogP contribution in [0.5, 0.6) is 0 Å². The van der Waals surface area contributed by atoms with Crippen LogP contribution in [-0.2, 0) is 0 Å². The first-order chi connectivity index (χ1) is 12.8. The molecule has 1 aromatic heterocycles. The van der Waals surface area contributed by atoms with Gasteiger partial charge in [-0.15, -0.1) is 11.3 Å². The van der Waals surface area contributed by atoms with Crippen molar-refractivity contribution in [3.8, 4) is 10.6 Å². The molecule has 0 radical (unpaired) electrons. The van der Waals surface area contributed by atoms with Gasteiger partial charge in [-0.05, 0) is 37.3 Å². The lowest BCUT2D eigenvalue weighted by atomic mass is 10.1. The maximum absolute atomic E-state index is 12.6. The Kier molecular flexibility index (Phi) is 5.58. The van der Waals surface area contributed by atoms with Crippen molar-refractivity contribution < 1.29 is 9.59 Å². The number of carbonyl (C=O) groups is 2. The van der Waals surface area contributed by atoms with Crippen LogP contribution in [0.25, 0.3) is 10.6 Å². The van der Waals surface area contributed by atoms with Crippen molar-refractivity contribution in [2.75, 3.05) is 19.4 Å². The van der Waals surface area contributed by atoms with Gasteiger partial charge < -0.3 is 10.2 Å². The highest BCUT2D eigenvalue weighted by Crippen LogP contribution is 2.26. The summed E-state index contributed by atoms with van der Waals surface area (Å²) in [7, 11) is 3.33. The number of hydrogen-bond acceptors (Lipinski definition) is 4. The molecule has 0 unspecified atom stereocenters. The molecular weight excluding hydrogens is 382 g/mol. The predicted octanol–water partition coefficient (Wildman–Crippen LogP) is 4.73. The molecule has 27 heavy (non-hydrogen) atoms. The number of anilines is 1. The molecule has 2 amide bonds. The maximum atomic E-state index is 12.6. The van der Waals surface area contributed by atoms with Crippen LogP contribution in [0.1, 0.15) is 26.4 Å². The minimum atomic E-state index is -0.298. The van der Waals surface area contributed by atoms with E-state index in [1.807, 2.05) is 24.4 Å².